The third-order valence-corrected chi connectivity index (χ3v) is 3.81. The van der Waals surface area contributed by atoms with Gasteiger partial charge in [0.25, 0.3) is 0 Å². The number of carbonyl (C=O) groups excluding carboxylic acids is 2. The normalized spacial score (nSPS) is 16.3. The molecule has 0 saturated carbocycles. The van der Waals surface area contributed by atoms with Crippen LogP contribution in [0.25, 0.3) is 0 Å². The predicted octanol–water partition coefficient (Wildman–Crippen LogP) is 1.44. The molecule has 1 aliphatic rings. The van der Waals surface area contributed by atoms with Crippen molar-refractivity contribution in [3.8, 4) is 5.75 Å². The third kappa shape index (κ3) is 7.61. The SMILES string of the molecule is CC(N)C(=O)N1CCN(CC(=O)Nc2ccc(OC(F)(F)F)cc2)CC1.Cl. The van der Waals surface area contributed by atoms with E-state index < -0.39 is 12.4 Å². The van der Waals surface area contributed by atoms with Crippen LogP contribution in [0.2, 0.25) is 0 Å². The molecular formula is C16H22ClF3N4O3. The smallest absolute Gasteiger partial charge is 0.406 e. The standard InChI is InChI=1S/C16H21F3N4O3.ClH/c1-11(20)15(25)23-8-6-22(7-9-23)10-14(24)21-12-2-4-13(5-3-12)26-16(17,18)19;/h2-5,11H,6-10,20H2,1H3,(H,21,24);1H. The molecule has 0 spiro atoms. The fourth-order valence-corrected chi connectivity index (χ4v) is 2.56. The topological polar surface area (TPSA) is 87.9 Å². The predicted molar refractivity (Wildman–Crippen MR) is 95.7 cm³/mol. The number of rotatable bonds is 5. The highest BCUT2D eigenvalue weighted by Gasteiger charge is 2.31. The van der Waals surface area contributed by atoms with Crippen LogP contribution >= 0.6 is 12.4 Å². The molecule has 7 nitrogen and oxygen atoms in total. The number of anilines is 1. The van der Waals surface area contributed by atoms with E-state index in [1.54, 1.807) is 11.8 Å². The number of ether oxygens (including phenoxy) is 1. The second-order valence-corrected chi connectivity index (χ2v) is 6.01. The Morgan fingerprint density at radius 2 is 1.74 bits per heavy atom. The summed E-state index contributed by atoms with van der Waals surface area (Å²) in [6.07, 6.45) is -4.75. The molecule has 1 atom stereocenters. The van der Waals surface area contributed by atoms with Crippen LogP contribution in [0.1, 0.15) is 6.92 Å². The Balaban J connectivity index is 0.00000364. The first-order valence-corrected chi connectivity index (χ1v) is 8.06. The number of nitrogens with two attached hydrogens (primary N) is 1. The molecule has 1 heterocycles. The van der Waals surface area contributed by atoms with Crippen molar-refractivity contribution < 1.29 is 27.5 Å². The Bertz CT molecular complexity index is 633. The van der Waals surface area contributed by atoms with Crippen molar-refractivity contribution in [1.82, 2.24) is 9.80 Å². The highest BCUT2D eigenvalue weighted by Crippen LogP contribution is 2.23. The lowest BCUT2D eigenvalue weighted by Gasteiger charge is -2.35. The fraction of sp³-hybridized carbons (Fsp3) is 0.500. The molecule has 0 radical (unpaired) electrons. The number of carbonyl (C=O) groups is 2. The first-order chi connectivity index (χ1) is 12.1. The van der Waals surface area contributed by atoms with Crippen LogP contribution in [-0.4, -0.2) is 66.7 Å². The van der Waals surface area contributed by atoms with E-state index in [2.05, 4.69) is 10.1 Å². The lowest BCUT2D eigenvalue weighted by molar-refractivity contribution is -0.274. The van der Waals surface area contributed by atoms with Crippen LogP contribution in [0.3, 0.4) is 0 Å². The van der Waals surface area contributed by atoms with Gasteiger partial charge in [-0.3, -0.25) is 14.5 Å². The van der Waals surface area contributed by atoms with Gasteiger partial charge in [-0.05, 0) is 31.2 Å². The minimum absolute atomic E-state index is 0. The van der Waals surface area contributed by atoms with Gasteiger partial charge in [-0.1, -0.05) is 0 Å². The summed E-state index contributed by atoms with van der Waals surface area (Å²) in [5.74, 6) is -0.762. The van der Waals surface area contributed by atoms with Crippen molar-refractivity contribution in [2.75, 3.05) is 38.0 Å². The molecule has 0 aromatic heterocycles. The van der Waals surface area contributed by atoms with Crippen molar-refractivity contribution in [3.05, 3.63) is 24.3 Å². The van der Waals surface area contributed by atoms with Crippen LogP contribution in [0.5, 0.6) is 5.75 Å². The van der Waals surface area contributed by atoms with E-state index in [4.69, 9.17) is 5.73 Å². The van der Waals surface area contributed by atoms with Gasteiger partial charge in [0.1, 0.15) is 5.75 Å². The second kappa shape index (κ2) is 9.77. The number of nitrogens with zero attached hydrogens (tertiary/aromatic N) is 2. The first-order valence-electron chi connectivity index (χ1n) is 8.06. The van der Waals surface area contributed by atoms with Crippen LogP contribution in [-0.2, 0) is 9.59 Å². The maximum absolute atomic E-state index is 12.1. The number of piperazine rings is 1. The molecule has 1 saturated heterocycles. The Labute approximate surface area is 161 Å². The number of halogens is 4. The highest BCUT2D eigenvalue weighted by atomic mass is 35.5. The summed E-state index contributed by atoms with van der Waals surface area (Å²) in [6.45, 7) is 3.84. The maximum Gasteiger partial charge on any atom is 0.573 e. The van der Waals surface area contributed by atoms with Gasteiger partial charge in [0, 0.05) is 31.9 Å². The first kappa shape index (κ1) is 23.0. The van der Waals surface area contributed by atoms with Gasteiger partial charge >= 0.3 is 6.36 Å². The van der Waals surface area contributed by atoms with E-state index in [9.17, 15) is 22.8 Å². The maximum atomic E-state index is 12.1. The Hall–Kier alpha value is -2.04. The molecular weight excluding hydrogens is 389 g/mol. The van der Waals surface area contributed by atoms with E-state index in [1.807, 2.05) is 4.90 Å². The van der Waals surface area contributed by atoms with Gasteiger partial charge in [-0.15, -0.1) is 25.6 Å². The van der Waals surface area contributed by atoms with Crippen molar-refractivity contribution in [2.45, 2.75) is 19.3 Å². The quantitative estimate of drug-likeness (QED) is 0.767. The molecule has 2 rings (SSSR count). The Morgan fingerprint density at radius 1 is 1.19 bits per heavy atom. The fourth-order valence-electron chi connectivity index (χ4n) is 2.56. The van der Waals surface area contributed by atoms with E-state index in [-0.39, 0.29) is 36.5 Å². The monoisotopic (exact) mass is 410 g/mol. The van der Waals surface area contributed by atoms with Crippen LogP contribution < -0.4 is 15.8 Å². The number of hydrogen-bond acceptors (Lipinski definition) is 5. The molecule has 1 aromatic carbocycles. The summed E-state index contributed by atoms with van der Waals surface area (Å²) in [5, 5.41) is 2.61. The average molecular weight is 411 g/mol. The average Bonchev–Trinajstić information content (AvgIpc) is 2.55. The minimum Gasteiger partial charge on any atom is -0.406 e. The molecule has 152 valence electrons. The van der Waals surface area contributed by atoms with Crippen LogP contribution in [0.4, 0.5) is 18.9 Å². The molecule has 1 fully saturated rings. The number of nitrogens with one attached hydrogen (secondary N) is 1. The van der Waals surface area contributed by atoms with E-state index >= 15 is 0 Å². The minimum atomic E-state index is -4.75. The molecule has 3 N–H and O–H groups in total. The number of benzene rings is 1. The summed E-state index contributed by atoms with van der Waals surface area (Å²) in [7, 11) is 0. The van der Waals surface area contributed by atoms with Crippen LogP contribution in [0.15, 0.2) is 24.3 Å². The summed E-state index contributed by atoms with van der Waals surface area (Å²) in [5.41, 5.74) is 5.94. The zero-order valence-electron chi connectivity index (χ0n) is 14.7. The molecule has 27 heavy (non-hydrogen) atoms. The van der Waals surface area contributed by atoms with Crippen molar-refractivity contribution in [2.24, 2.45) is 5.73 Å². The van der Waals surface area contributed by atoms with Crippen molar-refractivity contribution >= 4 is 29.9 Å². The number of amides is 2. The Kier molecular flexibility index (Phi) is 8.32. The Morgan fingerprint density at radius 3 is 2.22 bits per heavy atom. The molecule has 1 aromatic rings. The highest BCUT2D eigenvalue weighted by molar-refractivity contribution is 5.92. The summed E-state index contributed by atoms with van der Waals surface area (Å²) in [6, 6.07) is 4.37. The number of alkyl halides is 3. The molecule has 1 aliphatic heterocycles. The molecule has 11 heteroatoms. The summed E-state index contributed by atoms with van der Waals surface area (Å²) >= 11 is 0. The van der Waals surface area contributed by atoms with Gasteiger partial charge in [-0.25, -0.2) is 0 Å². The van der Waals surface area contributed by atoms with E-state index in [1.165, 1.54) is 12.1 Å². The molecule has 0 bridgehead atoms. The van der Waals surface area contributed by atoms with Gasteiger partial charge in [0.2, 0.25) is 11.8 Å². The lowest BCUT2D eigenvalue weighted by Crippen LogP contribution is -2.53. The zero-order valence-corrected chi connectivity index (χ0v) is 15.5. The van der Waals surface area contributed by atoms with E-state index in [0.717, 1.165) is 12.1 Å². The van der Waals surface area contributed by atoms with Gasteiger partial charge in [0.05, 0.1) is 12.6 Å². The van der Waals surface area contributed by atoms with Crippen molar-refractivity contribution in [3.63, 3.8) is 0 Å². The lowest BCUT2D eigenvalue weighted by atomic mass is 10.2. The summed E-state index contributed by atoms with van der Waals surface area (Å²) < 4.78 is 40.1. The molecule has 2 amide bonds. The molecule has 0 aliphatic carbocycles. The third-order valence-electron chi connectivity index (χ3n) is 3.81. The largest absolute Gasteiger partial charge is 0.573 e. The van der Waals surface area contributed by atoms with Gasteiger partial charge in [-0.2, -0.15) is 0 Å². The number of hydrogen-bond donors (Lipinski definition) is 2. The summed E-state index contributed by atoms with van der Waals surface area (Å²) in [4.78, 5) is 27.4. The zero-order chi connectivity index (χ0) is 19.3. The van der Waals surface area contributed by atoms with E-state index in [0.29, 0.717) is 31.9 Å². The van der Waals surface area contributed by atoms with Crippen molar-refractivity contribution in [1.29, 1.82) is 0 Å². The van der Waals surface area contributed by atoms with Gasteiger partial charge in [0.15, 0.2) is 0 Å². The second-order valence-electron chi connectivity index (χ2n) is 6.01. The van der Waals surface area contributed by atoms with Crippen LogP contribution in [0, 0.1) is 0 Å². The van der Waals surface area contributed by atoms with Gasteiger partial charge < -0.3 is 20.7 Å². The molecule has 1 unspecified atom stereocenters.